The van der Waals surface area contributed by atoms with Crippen LogP contribution in [0.2, 0.25) is 0 Å². The van der Waals surface area contributed by atoms with Crippen LogP contribution in [-0.4, -0.2) is 28.0 Å². The van der Waals surface area contributed by atoms with Crippen LogP contribution in [0, 0.1) is 5.41 Å². The molecule has 9 heteroatoms. The second-order valence-electron chi connectivity index (χ2n) is 6.83. The Labute approximate surface area is 172 Å². The molecule has 1 aromatic carbocycles. The maximum Gasteiger partial charge on any atom is 0.433 e. The summed E-state index contributed by atoms with van der Waals surface area (Å²) in [6, 6.07) is 10.00. The van der Waals surface area contributed by atoms with Crippen LogP contribution in [0.25, 0.3) is 11.3 Å². The van der Waals surface area contributed by atoms with E-state index in [1.165, 1.54) is 12.4 Å². The van der Waals surface area contributed by atoms with E-state index in [1.54, 1.807) is 12.1 Å². The number of halogens is 3. The number of alkyl halides is 3. The number of nitrogens with zero attached hydrogens (tertiary/aromatic N) is 3. The van der Waals surface area contributed by atoms with Crippen LogP contribution in [0.5, 0.6) is 0 Å². The van der Waals surface area contributed by atoms with E-state index in [1.807, 2.05) is 29.9 Å². The standard InChI is InChI=1S/C13H12F3N3.C8H11N3/c14-13(15,16)12-7-9(4-5-17-12)11-8-10-3-1-2-6-19(10)18-11;1-11-8-4-2-3-7(10)6(8)5-9/h4-5,7-8H,1-3,6H2;2-5,9,11H,10H2,1H3. The minimum atomic E-state index is -4.42. The number of anilines is 2. The van der Waals surface area contributed by atoms with Gasteiger partial charge < -0.3 is 16.5 Å². The molecule has 0 atom stereocenters. The molecule has 0 radical (unpaired) electrons. The van der Waals surface area contributed by atoms with Crippen molar-refractivity contribution in [3.63, 3.8) is 0 Å². The average Bonchev–Trinajstić information content (AvgIpc) is 3.18. The first kappa shape index (κ1) is 21.4. The van der Waals surface area contributed by atoms with Gasteiger partial charge in [0.15, 0.2) is 0 Å². The molecule has 3 heterocycles. The van der Waals surface area contributed by atoms with Gasteiger partial charge in [-0.05, 0) is 49.6 Å². The lowest BCUT2D eigenvalue weighted by molar-refractivity contribution is -0.141. The van der Waals surface area contributed by atoms with Crippen molar-refractivity contribution in [3.8, 4) is 11.3 Å². The van der Waals surface area contributed by atoms with Gasteiger partial charge in [-0.25, -0.2) is 0 Å². The molecule has 158 valence electrons. The Hall–Kier alpha value is -3.36. The van der Waals surface area contributed by atoms with Gasteiger partial charge in [0.05, 0.1) is 5.69 Å². The van der Waals surface area contributed by atoms with Gasteiger partial charge in [-0.2, -0.15) is 18.3 Å². The van der Waals surface area contributed by atoms with Crippen LogP contribution in [0.3, 0.4) is 0 Å². The SMILES string of the molecule is CNc1cccc(N)c1C=N.FC(F)(F)c1cc(-c2cc3n(n2)CCCC3)ccn1. The largest absolute Gasteiger partial charge is 0.433 e. The predicted octanol–water partition coefficient (Wildman–Crippen LogP) is 4.61. The normalized spacial score (nSPS) is 13.1. The topological polar surface area (TPSA) is 92.6 Å². The number of aromatic nitrogens is 3. The lowest BCUT2D eigenvalue weighted by Gasteiger charge is -2.11. The molecule has 0 saturated carbocycles. The van der Waals surface area contributed by atoms with Crippen molar-refractivity contribution in [1.82, 2.24) is 14.8 Å². The van der Waals surface area contributed by atoms with E-state index in [4.69, 9.17) is 11.1 Å². The predicted molar refractivity (Wildman–Crippen MR) is 112 cm³/mol. The molecule has 30 heavy (non-hydrogen) atoms. The quantitative estimate of drug-likeness (QED) is 0.429. The van der Waals surface area contributed by atoms with Crippen LogP contribution in [0.15, 0.2) is 42.6 Å². The molecule has 3 aromatic rings. The summed E-state index contributed by atoms with van der Waals surface area (Å²) in [6.07, 6.45) is 1.12. The molecular formula is C21H23F3N6. The smallest absolute Gasteiger partial charge is 0.398 e. The van der Waals surface area contributed by atoms with Gasteiger partial charge in [0.2, 0.25) is 0 Å². The van der Waals surface area contributed by atoms with Crippen molar-refractivity contribution >= 4 is 17.6 Å². The fourth-order valence-corrected chi connectivity index (χ4v) is 3.27. The maximum absolute atomic E-state index is 12.6. The summed E-state index contributed by atoms with van der Waals surface area (Å²) in [7, 11) is 1.81. The van der Waals surface area contributed by atoms with Crippen molar-refractivity contribution in [2.24, 2.45) is 0 Å². The van der Waals surface area contributed by atoms with Crippen LogP contribution < -0.4 is 11.1 Å². The average molecular weight is 416 g/mol. The van der Waals surface area contributed by atoms with Crippen LogP contribution >= 0.6 is 0 Å². The fraction of sp³-hybridized carbons (Fsp3) is 0.286. The Morgan fingerprint density at radius 2 is 2.00 bits per heavy atom. The van der Waals surface area contributed by atoms with E-state index < -0.39 is 11.9 Å². The Morgan fingerprint density at radius 1 is 1.20 bits per heavy atom. The molecule has 6 nitrogen and oxygen atoms in total. The molecule has 0 fully saturated rings. The molecule has 1 aliphatic heterocycles. The summed E-state index contributed by atoms with van der Waals surface area (Å²) in [4.78, 5) is 3.36. The monoisotopic (exact) mass is 416 g/mol. The summed E-state index contributed by atoms with van der Waals surface area (Å²) in [5.74, 6) is 0. The van der Waals surface area contributed by atoms with E-state index >= 15 is 0 Å². The van der Waals surface area contributed by atoms with Crippen molar-refractivity contribution in [2.75, 3.05) is 18.1 Å². The first-order valence-corrected chi connectivity index (χ1v) is 9.50. The van der Waals surface area contributed by atoms with Crippen molar-refractivity contribution in [2.45, 2.75) is 32.0 Å². The van der Waals surface area contributed by atoms with Crippen molar-refractivity contribution in [3.05, 3.63) is 59.5 Å². The second-order valence-corrected chi connectivity index (χ2v) is 6.83. The van der Waals surface area contributed by atoms with Crippen molar-refractivity contribution < 1.29 is 13.2 Å². The first-order chi connectivity index (χ1) is 14.3. The van der Waals surface area contributed by atoms with Crippen molar-refractivity contribution in [1.29, 1.82) is 5.41 Å². The molecule has 0 bridgehead atoms. The van der Waals surface area contributed by atoms with Gasteiger partial charge in [0, 0.05) is 54.2 Å². The number of pyridine rings is 1. The first-order valence-electron chi connectivity index (χ1n) is 9.50. The zero-order valence-electron chi connectivity index (χ0n) is 16.5. The number of nitrogens with two attached hydrogens (primary N) is 1. The molecule has 0 saturated heterocycles. The van der Waals surface area contributed by atoms with E-state index in [-0.39, 0.29) is 0 Å². The van der Waals surface area contributed by atoms with Gasteiger partial charge in [-0.15, -0.1) is 0 Å². The highest BCUT2D eigenvalue weighted by Gasteiger charge is 2.32. The number of aryl methyl sites for hydroxylation is 2. The third-order valence-corrected chi connectivity index (χ3v) is 4.82. The van der Waals surface area contributed by atoms with Gasteiger partial charge in [-0.3, -0.25) is 9.67 Å². The summed E-state index contributed by atoms with van der Waals surface area (Å²) >= 11 is 0. The molecule has 0 unspecified atom stereocenters. The number of hydrogen-bond acceptors (Lipinski definition) is 5. The number of nitrogen functional groups attached to an aromatic ring is 1. The summed E-state index contributed by atoms with van der Waals surface area (Å²) < 4.78 is 39.7. The summed E-state index contributed by atoms with van der Waals surface area (Å²) in [5.41, 5.74) is 9.14. The molecule has 4 N–H and O–H groups in total. The Balaban J connectivity index is 0.000000199. The molecule has 4 rings (SSSR count). The number of benzene rings is 1. The Bertz CT molecular complexity index is 1000. The van der Waals surface area contributed by atoms with E-state index in [9.17, 15) is 13.2 Å². The zero-order chi connectivity index (χ0) is 21.7. The zero-order valence-corrected chi connectivity index (χ0v) is 16.5. The van der Waals surface area contributed by atoms with Gasteiger partial charge in [0.25, 0.3) is 0 Å². The minimum Gasteiger partial charge on any atom is -0.398 e. The fourth-order valence-electron chi connectivity index (χ4n) is 3.27. The minimum absolute atomic E-state index is 0.462. The summed E-state index contributed by atoms with van der Waals surface area (Å²) in [5, 5.41) is 14.4. The molecule has 0 amide bonds. The number of fused-ring (bicyclic) bond motifs is 1. The molecule has 0 aliphatic carbocycles. The Morgan fingerprint density at radius 3 is 2.63 bits per heavy atom. The third-order valence-electron chi connectivity index (χ3n) is 4.82. The highest BCUT2D eigenvalue weighted by molar-refractivity contribution is 5.92. The Kier molecular flexibility index (Phi) is 6.39. The second kappa shape index (κ2) is 8.98. The lowest BCUT2D eigenvalue weighted by Crippen LogP contribution is -2.10. The van der Waals surface area contributed by atoms with Crippen LogP contribution in [0.4, 0.5) is 24.5 Å². The molecular weight excluding hydrogens is 393 g/mol. The number of hydrogen-bond donors (Lipinski definition) is 3. The highest BCUT2D eigenvalue weighted by atomic mass is 19.4. The van der Waals surface area contributed by atoms with Gasteiger partial charge >= 0.3 is 6.18 Å². The van der Waals surface area contributed by atoms with Crippen LogP contribution in [0.1, 0.15) is 29.8 Å². The molecule has 1 aliphatic rings. The number of nitrogens with one attached hydrogen (secondary N) is 2. The molecule has 2 aromatic heterocycles. The van der Waals surface area contributed by atoms with Gasteiger partial charge in [0.1, 0.15) is 5.69 Å². The van der Waals surface area contributed by atoms with Crippen LogP contribution in [-0.2, 0) is 19.1 Å². The van der Waals surface area contributed by atoms with E-state index in [2.05, 4.69) is 15.4 Å². The third kappa shape index (κ3) is 4.79. The molecule has 0 spiro atoms. The maximum atomic E-state index is 12.6. The van der Waals surface area contributed by atoms with E-state index in [0.717, 1.165) is 48.8 Å². The summed E-state index contributed by atoms with van der Waals surface area (Å²) in [6.45, 7) is 0.840. The van der Waals surface area contributed by atoms with E-state index in [0.29, 0.717) is 16.9 Å². The lowest BCUT2D eigenvalue weighted by atomic mass is 10.1. The highest BCUT2D eigenvalue weighted by Crippen LogP contribution is 2.30. The van der Waals surface area contributed by atoms with Gasteiger partial charge in [-0.1, -0.05) is 6.07 Å². The number of rotatable bonds is 3.